The first-order valence-corrected chi connectivity index (χ1v) is 2.90. The zero-order valence-electron chi connectivity index (χ0n) is 6.09. The fraction of sp³-hybridized carbons (Fsp3) is 0.800. The van der Waals surface area contributed by atoms with Gasteiger partial charge in [-0.1, -0.05) is 0 Å². The lowest BCUT2D eigenvalue weighted by Gasteiger charge is -2.28. The van der Waals surface area contributed by atoms with Crippen LogP contribution in [0.3, 0.4) is 0 Å². The Morgan fingerprint density at radius 2 is 1.29 bits per heavy atom. The first-order valence-electron chi connectivity index (χ1n) is 2.90. The number of halogens is 8. The van der Waals surface area contributed by atoms with Crippen LogP contribution in [0.2, 0.25) is 0 Å². The summed E-state index contributed by atoms with van der Waals surface area (Å²) in [6, 6.07) is 0. The van der Waals surface area contributed by atoms with Crippen molar-refractivity contribution in [2.45, 2.75) is 24.2 Å². The summed E-state index contributed by atoms with van der Waals surface area (Å²) in [5, 5.41) is 0. The summed E-state index contributed by atoms with van der Waals surface area (Å²) in [6.07, 6.45) is -12.2. The fourth-order valence-electron chi connectivity index (χ4n) is 0.448. The zero-order chi connectivity index (χ0) is 11.8. The van der Waals surface area contributed by atoms with Crippen molar-refractivity contribution >= 4 is 6.29 Å². The van der Waals surface area contributed by atoms with Gasteiger partial charge >= 0.3 is 18.0 Å². The summed E-state index contributed by atoms with van der Waals surface area (Å²) >= 11 is 0. The number of aldehydes is 1. The number of hydrogen-bond donors (Lipinski definition) is 0. The van der Waals surface area contributed by atoms with E-state index in [0.29, 0.717) is 0 Å². The number of carbonyl (C=O) groups excluding carboxylic acids is 1. The van der Waals surface area contributed by atoms with Crippen molar-refractivity contribution in [2.75, 3.05) is 0 Å². The maximum absolute atomic E-state index is 12.0. The molecule has 0 bridgehead atoms. The van der Waals surface area contributed by atoms with Crippen LogP contribution in [0.15, 0.2) is 0 Å². The third-order valence-electron chi connectivity index (χ3n) is 1.24. The number of hydrogen-bond acceptors (Lipinski definition) is 1. The second kappa shape index (κ2) is 3.35. The molecule has 0 N–H and O–H groups in total. The zero-order valence-corrected chi connectivity index (χ0v) is 6.09. The third-order valence-corrected chi connectivity index (χ3v) is 1.24. The molecule has 84 valence electrons. The Kier molecular flexibility index (Phi) is 3.14. The Labute approximate surface area is 71.7 Å². The van der Waals surface area contributed by atoms with Crippen molar-refractivity contribution in [3.8, 4) is 0 Å². The molecule has 1 nitrogen and oxygen atoms in total. The summed E-state index contributed by atoms with van der Waals surface area (Å²) in [5.74, 6) is -12.7. The largest absolute Gasteiger partial charge is 0.460 e. The molecule has 0 amide bonds. The molecule has 0 heterocycles. The highest BCUT2D eigenvalue weighted by molar-refractivity contribution is 5.58. The van der Waals surface area contributed by atoms with Gasteiger partial charge in [-0.3, -0.25) is 4.79 Å². The van der Waals surface area contributed by atoms with Crippen molar-refractivity contribution in [3.05, 3.63) is 0 Å². The lowest BCUT2D eigenvalue weighted by atomic mass is 10.1. The molecule has 0 saturated heterocycles. The van der Waals surface area contributed by atoms with Gasteiger partial charge in [-0.2, -0.15) is 30.7 Å². The first kappa shape index (κ1) is 13.1. The number of alkyl halides is 8. The average molecular weight is 230 g/mol. The molecule has 0 radical (unpaired) electrons. The van der Waals surface area contributed by atoms with E-state index in [-0.39, 0.29) is 0 Å². The van der Waals surface area contributed by atoms with Gasteiger partial charge in [-0.15, -0.1) is 0 Å². The standard InChI is InChI=1S/C5H2F8O/c6-2(1-14)3(7,8)4(9,10)5(11,12)13/h1-2H/t2-/m0/s1. The lowest BCUT2D eigenvalue weighted by molar-refractivity contribution is -0.362. The molecule has 0 aliphatic rings. The van der Waals surface area contributed by atoms with Crippen molar-refractivity contribution in [1.82, 2.24) is 0 Å². The van der Waals surface area contributed by atoms with Gasteiger partial charge in [-0.25, -0.2) is 4.39 Å². The Balaban J connectivity index is 5.17. The molecule has 0 fully saturated rings. The molecule has 1 atom stereocenters. The van der Waals surface area contributed by atoms with Crippen LogP contribution >= 0.6 is 0 Å². The van der Waals surface area contributed by atoms with Crippen LogP contribution in [0.4, 0.5) is 35.1 Å². The van der Waals surface area contributed by atoms with Crippen molar-refractivity contribution in [3.63, 3.8) is 0 Å². The molecule has 9 heteroatoms. The summed E-state index contributed by atoms with van der Waals surface area (Å²) < 4.78 is 93.6. The molecular formula is C5H2F8O. The normalized spacial score (nSPS) is 16.6. The van der Waals surface area contributed by atoms with Gasteiger partial charge in [0.15, 0.2) is 6.29 Å². The maximum Gasteiger partial charge on any atom is 0.460 e. The van der Waals surface area contributed by atoms with Gasteiger partial charge in [0.05, 0.1) is 0 Å². The fourth-order valence-corrected chi connectivity index (χ4v) is 0.448. The van der Waals surface area contributed by atoms with E-state index in [1.165, 1.54) is 0 Å². The van der Waals surface area contributed by atoms with Crippen LogP contribution in [0.5, 0.6) is 0 Å². The van der Waals surface area contributed by atoms with Crippen LogP contribution in [0.1, 0.15) is 0 Å². The molecule has 0 saturated carbocycles. The van der Waals surface area contributed by atoms with Crippen molar-refractivity contribution < 1.29 is 39.9 Å². The molecule has 0 aromatic carbocycles. The second-order valence-electron chi connectivity index (χ2n) is 2.23. The number of carbonyl (C=O) groups is 1. The highest BCUT2D eigenvalue weighted by atomic mass is 19.4. The first-order chi connectivity index (χ1) is 5.98. The second-order valence-corrected chi connectivity index (χ2v) is 2.23. The molecule has 0 spiro atoms. The van der Waals surface area contributed by atoms with Gasteiger partial charge in [0.2, 0.25) is 6.17 Å². The number of rotatable bonds is 3. The Morgan fingerprint density at radius 1 is 0.929 bits per heavy atom. The minimum Gasteiger partial charge on any atom is -0.300 e. The van der Waals surface area contributed by atoms with Gasteiger partial charge in [0, 0.05) is 0 Å². The molecule has 14 heavy (non-hydrogen) atoms. The maximum atomic E-state index is 12.0. The summed E-state index contributed by atoms with van der Waals surface area (Å²) in [5.41, 5.74) is 0. The summed E-state index contributed by atoms with van der Waals surface area (Å²) in [7, 11) is 0. The van der Waals surface area contributed by atoms with E-state index < -0.39 is 30.5 Å². The van der Waals surface area contributed by atoms with Crippen LogP contribution in [-0.4, -0.2) is 30.5 Å². The monoisotopic (exact) mass is 230 g/mol. The van der Waals surface area contributed by atoms with E-state index in [4.69, 9.17) is 0 Å². The molecule has 0 unspecified atom stereocenters. The molecule has 0 aromatic rings. The van der Waals surface area contributed by atoms with E-state index in [9.17, 15) is 39.9 Å². The van der Waals surface area contributed by atoms with Gasteiger partial charge < -0.3 is 0 Å². The van der Waals surface area contributed by atoms with Gasteiger partial charge in [0.1, 0.15) is 0 Å². The average Bonchev–Trinajstić information content (AvgIpc) is 2.00. The van der Waals surface area contributed by atoms with E-state index in [2.05, 4.69) is 0 Å². The highest BCUT2D eigenvalue weighted by Gasteiger charge is 2.76. The van der Waals surface area contributed by atoms with Crippen LogP contribution < -0.4 is 0 Å². The Hall–Kier alpha value is -0.890. The molecule has 0 rings (SSSR count). The van der Waals surface area contributed by atoms with Crippen molar-refractivity contribution in [2.24, 2.45) is 0 Å². The molecule has 0 aromatic heterocycles. The van der Waals surface area contributed by atoms with Crippen LogP contribution in [-0.2, 0) is 4.79 Å². The van der Waals surface area contributed by atoms with Gasteiger partial charge in [0.25, 0.3) is 0 Å². The van der Waals surface area contributed by atoms with Crippen LogP contribution in [0, 0.1) is 0 Å². The smallest absolute Gasteiger partial charge is 0.300 e. The molecule has 0 aliphatic carbocycles. The Morgan fingerprint density at radius 3 is 1.50 bits per heavy atom. The quantitative estimate of drug-likeness (QED) is 0.537. The summed E-state index contributed by atoms with van der Waals surface area (Å²) in [6.45, 7) is 0. The molecular weight excluding hydrogens is 228 g/mol. The molecule has 0 aliphatic heterocycles. The highest BCUT2D eigenvalue weighted by Crippen LogP contribution is 2.48. The van der Waals surface area contributed by atoms with Crippen molar-refractivity contribution in [1.29, 1.82) is 0 Å². The SMILES string of the molecule is O=C[C@H](F)C(F)(F)C(F)(F)C(F)(F)F. The minimum atomic E-state index is -6.62. The van der Waals surface area contributed by atoms with Crippen LogP contribution in [0.25, 0.3) is 0 Å². The third kappa shape index (κ3) is 1.80. The van der Waals surface area contributed by atoms with E-state index >= 15 is 0 Å². The predicted molar refractivity (Wildman–Crippen MR) is 26.9 cm³/mol. The van der Waals surface area contributed by atoms with Gasteiger partial charge in [-0.05, 0) is 0 Å². The van der Waals surface area contributed by atoms with E-state index in [0.717, 1.165) is 0 Å². The summed E-state index contributed by atoms with van der Waals surface area (Å²) in [4.78, 5) is 9.37. The van der Waals surface area contributed by atoms with E-state index in [1.54, 1.807) is 0 Å². The Bertz CT molecular complexity index is 218. The predicted octanol–water partition coefficient (Wildman–Crippen LogP) is 2.36. The lowest BCUT2D eigenvalue weighted by Crippen LogP contribution is -2.57. The minimum absolute atomic E-state index is 1.32. The van der Waals surface area contributed by atoms with E-state index in [1.807, 2.05) is 0 Å². The topological polar surface area (TPSA) is 17.1 Å².